The molecule has 0 spiro atoms. The van der Waals surface area contributed by atoms with Crippen LogP contribution in [0, 0.1) is 0 Å². The molecular formula is C14H9Cl2N5O. The molecule has 6 nitrogen and oxygen atoms in total. The van der Waals surface area contributed by atoms with E-state index in [0.29, 0.717) is 16.3 Å². The predicted molar refractivity (Wildman–Crippen MR) is 84.5 cm³/mol. The molecule has 2 aromatic carbocycles. The fraction of sp³-hybridized carbons (Fsp3) is 0. The molecule has 0 bridgehead atoms. The van der Waals surface area contributed by atoms with Crippen LogP contribution in [0.1, 0.15) is 5.56 Å². The zero-order chi connectivity index (χ0) is 15.5. The lowest BCUT2D eigenvalue weighted by Crippen LogP contribution is -1.94. The number of aromatic hydroxyl groups is 1. The molecule has 22 heavy (non-hydrogen) atoms. The van der Waals surface area contributed by atoms with Crippen molar-refractivity contribution in [1.29, 1.82) is 0 Å². The predicted octanol–water partition coefficient (Wildman–Crippen LogP) is 3.43. The molecule has 0 aliphatic heterocycles. The van der Waals surface area contributed by atoms with Crippen LogP contribution in [0.5, 0.6) is 5.75 Å². The number of halogens is 2. The van der Waals surface area contributed by atoms with Gasteiger partial charge in [-0.2, -0.15) is 0 Å². The first-order valence-corrected chi connectivity index (χ1v) is 6.94. The molecule has 1 N–H and O–H groups in total. The third-order valence-electron chi connectivity index (χ3n) is 2.85. The van der Waals surface area contributed by atoms with Crippen molar-refractivity contribution >= 4 is 35.1 Å². The van der Waals surface area contributed by atoms with Crippen molar-refractivity contribution in [3.05, 3.63) is 58.3 Å². The van der Waals surface area contributed by atoms with Crippen LogP contribution in [0.4, 0.5) is 5.69 Å². The summed E-state index contributed by atoms with van der Waals surface area (Å²) in [6.07, 6.45) is 2.98. The Kier molecular flexibility index (Phi) is 4.04. The van der Waals surface area contributed by atoms with Gasteiger partial charge < -0.3 is 5.11 Å². The first kappa shape index (κ1) is 14.5. The number of phenolic OH excluding ortho intramolecular Hbond substituents is 1. The maximum absolute atomic E-state index is 9.89. The highest BCUT2D eigenvalue weighted by molar-refractivity contribution is 6.36. The Hall–Kier alpha value is -2.44. The van der Waals surface area contributed by atoms with E-state index in [1.807, 2.05) is 18.2 Å². The van der Waals surface area contributed by atoms with E-state index >= 15 is 0 Å². The minimum atomic E-state index is -0.0635. The van der Waals surface area contributed by atoms with E-state index in [1.54, 1.807) is 12.1 Å². The van der Waals surface area contributed by atoms with Gasteiger partial charge in [0.25, 0.3) is 0 Å². The summed E-state index contributed by atoms with van der Waals surface area (Å²) >= 11 is 11.8. The molecule has 0 aliphatic rings. The molecule has 0 aliphatic carbocycles. The zero-order valence-electron chi connectivity index (χ0n) is 11.1. The monoisotopic (exact) mass is 333 g/mol. The third-order valence-corrected chi connectivity index (χ3v) is 3.36. The molecular weight excluding hydrogens is 325 g/mol. The van der Waals surface area contributed by atoms with Crippen LogP contribution < -0.4 is 0 Å². The van der Waals surface area contributed by atoms with Gasteiger partial charge in [-0.15, -0.1) is 5.10 Å². The van der Waals surface area contributed by atoms with E-state index in [0.717, 1.165) is 5.69 Å². The van der Waals surface area contributed by atoms with Crippen LogP contribution >= 0.6 is 23.2 Å². The number of benzene rings is 2. The second-order valence-corrected chi connectivity index (χ2v) is 5.20. The Bertz CT molecular complexity index is 833. The van der Waals surface area contributed by atoms with E-state index in [9.17, 15) is 5.11 Å². The van der Waals surface area contributed by atoms with Gasteiger partial charge in [0.05, 0.1) is 16.4 Å². The smallest absolute Gasteiger partial charge is 0.143 e. The van der Waals surface area contributed by atoms with Crippen LogP contribution in [-0.4, -0.2) is 31.5 Å². The van der Waals surface area contributed by atoms with Gasteiger partial charge in [-0.05, 0) is 40.8 Å². The van der Waals surface area contributed by atoms with Gasteiger partial charge in [0, 0.05) is 16.8 Å². The summed E-state index contributed by atoms with van der Waals surface area (Å²) in [5.74, 6) is -0.0635. The highest BCUT2D eigenvalue weighted by Gasteiger charge is 2.06. The average molecular weight is 334 g/mol. The summed E-state index contributed by atoms with van der Waals surface area (Å²) in [6, 6.07) is 10.3. The molecule has 8 heteroatoms. The lowest BCUT2D eigenvalue weighted by molar-refractivity contribution is 0.475. The Morgan fingerprint density at radius 2 is 2.05 bits per heavy atom. The summed E-state index contributed by atoms with van der Waals surface area (Å²) in [6.45, 7) is 0. The fourth-order valence-corrected chi connectivity index (χ4v) is 2.33. The topological polar surface area (TPSA) is 76.2 Å². The molecule has 1 heterocycles. The lowest BCUT2D eigenvalue weighted by Gasteiger charge is -2.03. The highest BCUT2D eigenvalue weighted by atomic mass is 35.5. The minimum absolute atomic E-state index is 0.0635. The van der Waals surface area contributed by atoms with Crippen LogP contribution in [-0.2, 0) is 0 Å². The second kappa shape index (κ2) is 6.13. The van der Waals surface area contributed by atoms with Crippen LogP contribution in [0.3, 0.4) is 0 Å². The number of hydrogen-bond acceptors (Lipinski definition) is 5. The van der Waals surface area contributed by atoms with Crippen molar-refractivity contribution in [2.75, 3.05) is 0 Å². The number of hydrogen-bond donors (Lipinski definition) is 1. The minimum Gasteiger partial charge on any atom is -0.506 e. The van der Waals surface area contributed by atoms with Crippen molar-refractivity contribution in [3.8, 4) is 11.4 Å². The van der Waals surface area contributed by atoms with Gasteiger partial charge in [-0.3, -0.25) is 4.99 Å². The summed E-state index contributed by atoms with van der Waals surface area (Å²) in [5, 5.41) is 21.5. The van der Waals surface area contributed by atoms with Gasteiger partial charge >= 0.3 is 0 Å². The molecule has 0 atom stereocenters. The van der Waals surface area contributed by atoms with Gasteiger partial charge in [0.2, 0.25) is 0 Å². The van der Waals surface area contributed by atoms with Gasteiger partial charge in [0.15, 0.2) is 0 Å². The van der Waals surface area contributed by atoms with Gasteiger partial charge in [0.1, 0.15) is 12.1 Å². The normalized spacial score (nSPS) is 11.2. The molecule has 3 aromatic rings. The summed E-state index contributed by atoms with van der Waals surface area (Å²) < 4.78 is 1.52. The van der Waals surface area contributed by atoms with Crippen molar-refractivity contribution in [3.63, 3.8) is 0 Å². The van der Waals surface area contributed by atoms with Gasteiger partial charge in [-0.25, -0.2) is 4.68 Å². The Labute approximate surface area is 135 Å². The molecule has 110 valence electrons. The number of phenols is 1. The lowest BCUT2D eigenvalue weighted by atomic mass is 10.2. The Morgan fingerprint density at radius 3 is 2.82 bits per heavy atom. The van der Waals surface area contributed by atoms with E-state index in [2.05, 4.69) is 20.5 Å². The van der Waals surface area contributed by atoms with Crippen molar-refractivity contribution in [2.24, 2.45) is 4.99 Å². The zero-order valence-corrected chi connectivity index (χ0v) is 12.6. The fourth-order valence-electron chi connectivity index (χ4n) is 1.82. The standard InChI is InChI=1S/C14H9Cl2N5O/c15-10-4-9(14(22)13(16)5-10)7-17-11-2-1-3-12(6-11)21-8-18-19-20-21/h1-8,22H. The first-order chi connectivity index (χ1) is 10.6. The van der Waals surface area contributed by atoms with Crippen LogP contribution in [0.25, 0.3) is 5.69 Å². The number of tetrazole rings is 1. The van der Waals surface area contributed by atoms with Crippen LogP contribution in [0.2, 0.25) is 10.0 Å². The molecule has 0 saturated carbocycles. The third kappa shape index (κ3) is 3.08. The molecule has 3 rings (SSSR count). The summed E-state index contributed by atoms with van der Waals surface area (Å²) in [4.78, 5) is 4.31. The number of nitrogens with zero attached hydrogens (tertiary/aromatic N) is 5. The maximum Gasteiger partial charge on any atom is 0.143 e. The largest absolute Gasteiger partial charge is 0.506 e. The summed E-state index contributed by atoms with van der Waals surface area (Å²) in [7, 11) is 0. The van der Waals surface area contributed by atoms with Crippen molar-refractivity contribution in [2.45, 2.75) is 0 Å². The number of aliphatic imine (C=N–C) groups is 1. The average Bonchev–Trinajstić information content (AvgIpc) is 3.04. The van der Waals surface area contributed by atoms with Crippen molar-refractivity contribution < 1.29 is 5.11 Å². The van der Waals surface area contributed by atoms with E-state index < -0.39 is 0 Å². The maximum atomic E-state index is 9.89. The first-order valence-electron chi connectivity index (χ1n) is 6.19. The quantitative estimate of drug-likeness (QED) is 0.745. The molecule has 0 unspecified atom stereocenters. The molecule has 1 aromatic heterocycles. The molecule has 0 amide bonds. The SMILES string of the molecule is Oc1c(Cl)cc(Cl)cc1C=Nc1cccc(-n2cnnn2)c1. The van der Waals surface area contributed by atoms with Gasteiger partial charge in [-0.1, -0.05) is 29.3 Å². The Morgan fingerprint density at radius 1 is 1.18 bits per heavy atom. The van der Waals surface area contributed by atoms with E-state index in [4.69, 9.17) is 23.2 Å². The molecule has 0 fully saturated rings. The highest BCUT2D eigenvalue weighted by Crippen LogP contribution is 2.30. The van der Waals surface area contributed by atoms with Crippen molar-refractivity contribution in [1.82, 2.24) is 20.2 Å². The van der Waals surface area contributed by atoms with Crippen LogP contribution in [0.15, 0.2) is 47.7 Å². The van der Waals surface area contributed by atoms with E-state index in [1.165, 1.54) is 23.3 Å². The van der Waals surface area contributed by atoms with E-state index in [-0.39, 0.29) is 10.8 Å². The Balaban J connectivity index is 1.92. The second-order valence-electron chi connectivity index (χ2n) is 4.36. The number of rotatable bonds is 3. The summed E-state index contributed by atoms with van der Waals surface area (Å²) in [5.41, 5.74) is 1.88. The molecule has 0 radical (unpaired) electrons. The molecule has 0 saturated heterocycles. The number of aromatic nitrogens is 4.